The number of amides is 1. The van der Waals surface area contributed by atoms with Gasteiger partial charge in [-0.15, -0.1) is 0 Å². The monoisotopic (exact) mass is 346 g/mol. The zero-order valence-electron chi connectivity index (χ0n) is 15.1. The van der Waals surface area contributed by atoms with Crippen LogP contribution in [0.1, 0.15) is 47.1 Å². The second kappa shape index (κ2) is 7.51. The maximum absolute atomic E-state index is 13.9. The molecule has 6 heteroatoms. The number of nitrogens with zero attached hydrogens (tertiary/aromatic N) is 1. The van der Waals surface area contributed by atoms with Crippen LogP contribution < -0.4 is 15.6 Å². The Morgan fingerprint density at radius 3 is 2.56 bits per heavy atom. The molecule has 0 radical (unpaired) electrons. The molecular formula is C19H23FN2O3. The van der Waals surface area contributed by atoms with Gasteiger partial charge in [-0.2, -0.15) is 0 Å². The third kappa shape index (κ3) is 3.73. The lowest BCUT2D eigenvalue weighted by molar-refractivity contribution is 0.0937. The molecule has 5 nitrogen and oxygen atoms in total. The van der Waals surface area contributed by atoms with Gasteiger partial charge in [0.2, 0.25) is 0 Å². The smallest absolute Gasteiger partial charge is 0.263 e. The van der Waals surface area contributed by atoms with E-state index in [0.29, 0.717) is 17.7 Å². The predicted octanol–water partition coefficient (Wildman–Crippen LogP) is 3.12. The van der Waals surface area contributed by atoms with Gasteiger partial charge in [-0.3, -0.25) is 9.59 Å². The summed E-state index contributed by atoms with van der Waals surface area (Å²) >= 11 is 0. The number of hydrogen-bond acceptors (Lipinski definition) is 3. The summed E-state index contributed by atoms with van der Waals surface area (Å²) in [7, 11) is 1.39. The number of ether oxygens (including phenoxy) is 1. The molecule has 0 bridgehead atoms. The lowest BCUT2D eigenvalue weighted by Crippen LogP contribution is -2.36. The van der Waals surface area contributed by atoms with Crippen LogP contribution >= 0.6 is 0 Å². The van der Waals surface area contributed by atoms with E-state index in [-0.39, 0.29) is 16.9 Å². The van der Waals surface area contributed by atoms with Crippen molar-refractivity contribution in [2.45, 2.75) is 40.3 Å². The van der Waals surface area contributed by atoms with E-state index in [0.717, 1.165) is 5.69 Å². The number of methoxy groups -OCH3 is 1. The van der Waals surface area contributed by atoms with Crippen LogP contribution in [-0.2, 0) is 6.54 Å². The van der Waals surface area contributed by atoms with Gasteiger partial charge in [0.25, 0.3) is 11.5 Å². The number of nitrogens with one attached hydrogen (secondary N) is 1. The molecule has 2 aromatic rings. The predicted molar refractivity (Wildman–Crippen MR) is 94.7 cm³/mol. The fourth-order valence-corrected chi connectivity index (χ4v) is 2.90. The topological polar surface area (TPSA) is 60.3 Å². The van der Waals surface area contributed by atoms with E-state index in [1.54, 1.807) is 24.5 Å². The fraction of sp³-hybridized carbons (Fsp3) is 0.368. The number of carbonyl (C=O) groups is 1. The van der Waals surface area contributed by atoms with Gasteiger partial charge in [0.05, 0.1) is 13.2 Å². The largest absolute Gasteiger partial charge is 0.494 e. The Morgan fingerprint density at radius 2 is 2.00 bits per heavy atom. The van der Waals surface area contributed by atoms with E-state index in [9.17, 15) is 14.0 Å². The van der Waals surface area contributed by atoms with Gasteiger partial charge in [-0.25, -0.2) is 4.39 Å². The summed E-state index contributed by atoms with van der Waals surface area (Å²) < 4.78 is 20.3. The van der Waals surface area contributed by atoms with Crippen LogP contribution in [0.15, 0.2) is 29.1 Å². The maximum atomic E-state index is 13.9. The van der Waals surface area contributed by atoms with Gasteiger partial charge in [0.1, 0.15) is 5.56 Å². The molecule has 1 heterocycles. The van der Waals surface area contributed by atoms with Gasteiger partial charge in [0, 0.05) is 12.2 Å². The molecule has 1 aromatic carbocycles. The zero-order valence-corrected chi connectivity index (χ0v) is 15.1. The number of carbonyl (C=O) groups excluding carboxylic acids is 1. The first kappa shape index (κ1) is 18.7. The van der Waals surface area contributed by atoms with E-state index < -0.39 is 17.8 Å². The molecule has 1 aromatic heterocycles. The summed E-state index contributed by atoms with van der Waals surface area (Å²) in [4.78, 5) is 25.2. The van der Waals surface area contributed by atoms with Crippen LogP contribution in [0.25, 0.3) is 0 Å². The second-order valence-electron chi connectivity index (χ2n) is 5.98. The van der Waals surface area contributed by atoms with Crippen molar-refractivity contribution in [3.63, 3.8) is 0 Å². The lowest BCUT2D eigenvalue weighted by atomic mass is 10.1. The Kier molecular flexibility index (Phi) is 5.62. The summed E-state index contributed by atoms with van der Waals surface area (Å²) in [5.74, 6) is -0.822. The Hall–Kier alpha value is -2.63. The molecule has 1 amide bonds. The highest BCUT2D eigenvalue weighted by atomic mass is 19.1. The molecule has 0 unspecified atom stereocenters. The zero-order chi connectivity index (χ0) is 18.7. The van der Waals surface area contributed by atoms with Crippen LogP contribution in [0.4, 0.5) is 4.39 Å². The first-order valence-electron chi connectivity index (χ1n) is 8.15. The highest BCUT2D eigenvalue weighted by Crippen LogP contribution is 2.22. The lowest BCUT2D eigenvalue weighted by Gasteiger charge is -2.17. The normalized spacial score (nSPS) is 11.9. The Balaban J connectivity index is 2.31. The van der Waals surface area contributed by atoms with Crippen molar-refractivity contribution in [1.29, 1.82) is 0 Å². The molecule has 2 rings (SSSR count). The van der Waals surface area contributed by atoms with Crippen molar-refractivity contribution >= 4 is 5.91 Å². The SMILES string of the molecule is CCn1c(C)cc(C)c(C(=O)N[C@@H](C)c2ccc(OC)c(F)c2)c1=O. The number of hydrogen-bond donors (Lipinski definition) is 1. The van der Waals surface area contributed by atoms with E-state index in [2.05, 4.69) is 5.32 Å². The fourth-order valence-electron chi connectivity index (χ4n) is 2.90. The first-order chi connectivity index (χ1) is 11.8. The Labute approximate surface area is 146 Å². The van der Waals surface area contributed by atoms with Crippen molar-refractivity contribution in [1.82, 2.24) is 9.88 Å². The van der Waals surface area contributed by atoms with Crippen molar-refractivity contribution in [3.05, 3.63) is 62.8 Å². The minimum Gasteiger partial charge on any atom is -0.494 e. The molecule has 0 aliphatic heterocycles. The average molecular weight is 346 g/mol. The van der Waals surface area contributed by atoms with Gasteiger partial charge in [0.15, 0.2) is 11.6 Å². The van der Waals surface area contributed by atoms with E-state index in [1.165, 1.54) is 19.2 Å². The number of halogens is 1. The number of aromatic nitrogens is 1. The molecule has 0 aliphatic rings. The summed E-state index contributed by atoms with van der Waals surface area (Å²) in [6, 6.07) is 5.87. The molecule has 0 saturated heterocycles. The number of rotatable bonds is 5. The standard InChI is InChI=1S/C19H23FN2O3/c1-6-22-12(3)9-11(2)17(19(22)24)18(23)21-13(4)14-7-8-16(25-5)15(20)10-14/h7-10,13H,6H2,1-5H3,(H,21,23)/t13-/m0/s1. The highest BCUT2D eigenvalue weighted by molar-refractivity contribution is 5.95. The summed E-state index contributed by atoms with van der Waals surface area (Å²) in [5, 5.41) is 2.77. The van der Waals surface area contributed by atoms with E-state index in [4.69, 9.17) is 4.74 Å². The van der Waals surface area contributed by atoms with Crippen molar-refractivity contribution in [2.24, 2.45) is 0 Å². The summed E-state index contributed by atoms with van der Waals surface area (Å²) in [6.07, 6.45) is 0. The van der Waals surface area contributed by atoms with Crippen LogP contribution in [0.3, 0.4) is 0 Å². The third-order valence-electron chi connectivity index (χ3n) is 4.27. The van der Waals surface area contributed by atoms with Gasteiger partial charge >= 0.3 is 0 Å². The highest BCUT2D eigenvalue weighted by Gasteiger charge is 2.19. The van der Waals surface area contributed by atoms with Crippen LogP contribution in [0.2, 0.25) is 0 Å². The van der Waals surface area contributed by atoms with Crippen LogP contribution in [0.5, 0.6) is 5.75 Å². The summed E-state index contributed by atoms with van der Waals surface area (Å²) in [6.45, 7) is 7.66. The van der Waals surface area contributed by atoms with Crippen LogP contribution in [0, 0.1) is 19.7 Å². The number of aryl methyl sites for hydroxylation is 2. The van der Waals surface area contributed by atoms with Gasteiger partial charge in [-0.1, -0.05) is 6.07 Å². The third-order valence-corrected chi connectivity index (χ3v) is 4.27. The molecule has 134 valence electrons. The minimum absolute atomic E-state index is 0.119. The summed E-state index contributed by atoms with van der Waals surface area (Å²) in [5.41, 5.74) is 1.83. The number of pyridine rings is 1. The van der Waals surface area contributed by atoms with Crippen molar-refractivity contribution in [3.8, 4) is 5.75 Å². The quantitative estimate of drug-likeness (QED) is 0.905. The molecule has 0 fully saturated rings. The van der Waals surface area contributed by atoms with Gasteiger partial charge in [-0.05, 0) is 57.0 Å². The van der Waals surface area contributed by atoms with E-state index >= 15 is 0 Å². The first-order valence-corrected chi connectivity index (χ1v) is 8.15. The minimum atomic E-state index is -0.499. The average Bonchev–Trinajstić information content (AvgIpc) is 2.54. The molecular weight excluding hydrogens is 323 g/mol. The Morgan fingerprint density at radius 1 is 1.32 bits per heavy atom. The molecule has 25 heavy (non-hydrogen) atoms. The number of benzene rings is 1. The second-order valence-corrected chi connectivity index (χ2v) is 5.98. The Bertz CT molecular complexity index is 858. The van der Waals surface area contributed by atoms with E-state index in [1.807, 2.05) is 19.9 Å². The molecule has 1 atom stereocenters. The molecule has 1 N–H and O–H groups in total. The van der Waals surface area contributed by atoms with Crippen molar-refractivity contribution in [2.75, 3.05) is 7.11 Å². The molecule has 0 spiro atoms. The van der Waals surface area contributed by atoms with Gasteiger partial charge < -0.3 is 14.6 Å². The molecule has 0 saturated carbocycles. The van der Waals surface area contributed by atoms with Crippen LogP contribution in [-0.4, -0.2) is 17.6 Å². The molecule has 0 aliphatic carbocycles. The van der Waals surface area contributed by atoms with Crippen molar-refractivity contribution < 1.29 is 13.9 Å². The maximum Gasteiger partial charge on any atom is 0.263 e.